The summed E-state index contributed by atoms with van der Waals surface area (Å²) in [6, 6.07) is 0. The van der Waals surface area contributed by atoms with Crippen LogP contribution in [0.4, 0.5) is 0 Å². The Morgan fingerprint density at radius 1 is 1.50 bits per heavy atom. The largest absolute Gasteiger partial charge is 0.332 e. The molecule has 0 saturated carbocycles. The van der Waals surface area contributed by atoms with Crippen LogP contribution in [-0.2, 0) is 19.4 Å². The van der Waals surface area contributed by atoms with Crippen LogP contribution in [0.1, 0.15) is 31.3 Å². The van der Waals surface area contributed by atoms with Gasteiger partial charge >= 0.3 is 0 Å². The summed E-state index contributed by atoms with van der Waals surface area (Å²) < 4.78 is 2.48. The first kappa shape index (κ1) is 10.3. The van der Waals surface area contributed by atoms with Crippen molar-refractivity contribution in [3.05, 3.63) is 17.7 Å². The van der Waals surface area contributed by atoms with Crippen LogP contribution in [0, 0.1) is 11.8 Å². The number of nitrogens with zero attached hydrogens (tertiary/aromatic N) is 2. The van der Waals surface area contributed by atoms with Gasteiger partial charge in [-0.05, 0) is 44.2 Å². The van der Waals surface area contributed by atoms with Gasteiger partial charge in [0.05, 0.1) is 0 Å². The van der Waals surface area contributed by atoms with Crippen molar-refractivity contribution in [2.75, 3.05) is 13.1 Å². The quantitative estimate of drug-likeness (QED) is 0.819. The second-order valence-corrected chi connectivity index (χ2v) is 5.48. The standard InChI is InChI=1S/C13H21N3/c1-10-2-3-12-8-15-13(16(12)9-10)6-11-4-5-14-7-11/h8,10-11,14H,2-7,9H2,1H3. The average Bonchev–Trinajstić information content (AvgIpc) is 2.90. The van der Waals surface area contributed by atoms with E-state index in [0.717, 1.165) is 11.8 Å². The summed E-state index contributed by atoms with van der Waals surface area (Å²) in [4.78, 5) is 4.63. The lowest BCUT2D eigenvalue weighted by atomic mass is 9.99. The second kappa shape index (κ2) is 4.21. The Balaban J connectivity index is 1.77. The molecule has 3 heteroatoms. The molecule has 1 N–H and O–H groups in total. The van der Waals surface area contributed by atoms with E-state index in [-0.39, 0.29) is 0 Å². The Morgan fingerprint density at radius 3 is 3.25 bits per heavy atom. The molecule has 88 valence electrons. The average molecular weight is 219 g/mol. The number of nitrogens with one attached hydrogen (secondary N) is 1. The highest BCUT2D eigenvalue weighted by Crippen LogP contribution is 2.23. The number of rotatable bonds is 2. The van der Waals surface area contributed by atoms with Crippen LogP contribution in [0.25, 0.3) is 0 Å². The van der Waals surface area contributed by atoms with Crippen molar-refractivity contribution in [1.82, 2.24) is 14.9 Å². The molecule has 0 radical (unpaired) electrons. The van der Waals surface area contributed by atoms with Crippen LogP contribution in [-0.4, -0.2) is 22.6 Å². The third-order valence-electron chi connectivity index (χ3n) is 4.04. The zero-order valence-electron chi connectivity index (χ0n) is 10.1. The predicted octanol–water partition coefficient (Wildman–Crippen LogP) is 1.62. The summed E-state index contributed by atoms with van der Waals surface area (Å²) >= 11 is 0. The number of fused-ring (bicyclic) bond motifs is 1. The lowest BCUT2D eigenvalue weighted by molar-refractivity contribution is 0.384. The van der Waals surface area contributed by atoms with Gasteiger partial charge < -0.3 is 9.88 Å². The summed E-state index contributed by atoms with van der Waals surface area (Å²) in [5.41, 5.74) is 1.46. The van der Waals surface area contributed by atoms with Gasteiger partial charge in [0.1, 0.15) is 5.82 Å². The van der Waals surface area contributed by atoms with E-state index in [2.05, 4.69) is 28.0 Å². The van der Waals surface area contributed by atoms with Crippen LogP contribution in [0.2, 0.25) is 0 Å². The van der Waals surface area contributed by atoms with Crippen molar-refractivity contribution in [2.45, 2.75) is 39.2 Å². The highest BCUT2D eigenvalue weighted by Gasteiger charge is 2.22. The Bertz CT molecular complexity index is 363. The van der Waals surface area contributed by atoms with Crippen molar-refractivity contribution in [3.63, 3.8) is 0 Å². The van der Waals surface area contributed by atoms with Gasteiger partial charge in [-0.15, -0.1) is 0 Å². The summed E-state index contributed by atoms with van der Waals surface area (Å²) in [6.07, 6.45) is 7.13. The van der Waals surface area contributed by atoms with Crippen molar-refractivity contribution >= 4 is 0 Å². The fraction of sp³-hybridized carbons (Fsp3) is 0.769. The van der Waals surface area contributed by atoms with Gasteiger partial charge in [-0.1, -0.05) is 6.92 Å². The molecule has 1 aromatic rings. The number of aromatic nitrogens is 2. The summed E-state index contributed by atoms with van der Waals surface area (Å²) in [7, 11) is 0. The number of hydrogen-bond acceptors (Lipinski definition) is 2. The molecule has 1 aromatic heterocycles. The number of aryl methyl sites for hydroxylation is 1. The Labute approximate surface area is 97.3 Å². The molecule has 0 spiro atoms. The van der Waals surface area contributed by atoms with Crippen molar-refractivity contribution in [3.8, 4) is 0 Å². The second-order valence-electron chi connectivity index (χ2n) is 5.48. The van der Waals surface area contributed by atoms with E-state index in [1.165, 1.54) is 56.8 Å². The highest BCUT2D eigenvalue weighted by molar-refractivity contribution is 5.09. The first-order valence-corrected chi connectivity index (χ1v) is 6.57. The van der Waals surface area contributed by atoms with Crippen molar-refractivity contribution in [1.29, 1.82) is 0 Å². The predicted molar refractivity (Wildman–Crippen MR) is 64.4 cm³/mol. The van der Waals surface area contributed by atoms with E-state index in [1.54, 1.807) is 0 Å². The Hall–Kier alpha value is -0.830. The summed E-state index contributed by atoms with van der Waals surface area (Å²) in [5, 5.41) is 3.44. The van der Waals surface area contributed by atoms with Gasteiger partial charge in [0.15, 0.2) is 0 Å². The molecule has 0 amide bonds. The van der Waals surface area contributed by atoms with Crippen molar-refractivity contribution in [2.24, 2.45) is 11.8 Å². The zero-order valence-corrected chi connectivity index (χ0v) is 10.1. The van der Waals surface area contributed by atoms with Gasteiger partial charge in [0, 0.05) is 24.9 Å². The van der Waals surface area contributed by atoms with Gasteiger partial charge in [-0.3, -0.25) is 0 Å². The summed E-state index contributed by atoms with van der Waals surface area (Å²) in [6.45, 7) is 5.90. The van der Waals surface area contributed by atoms with Gasteiger partial charge in [0.25, 0.3) is 0 Å². The molecule has 1 fully saturated rings. The molecule has 2 unspecified atom stereocenters. The molecule has 0 aromatic carbocycles. The minimum atomic E-state index is 0.809. The molecule has 2 aliphatic rings. The minimum absolute atomic E-state index is 0.809. The van der Waals surface area contributed by atoms with Crippen LogP contribution in [0.3, 0.4) is 0 Å². The third kappa shape index (κ3) is 1.88. The molecular weight excluding hydrogens is 198 g/mol. The molecular formula is C13H21N3. The highest BCUT2D eigenvalue weighted by atomic mass is 15.1. The maximum Gasteiger partial charge on any atom is 0.109 e. The van der Waals surface area contributed by atoms with Gasteiger partial charge in [-0.25, -0.2) is 4.98 Å². The van der Waals surface area contributed by atoms with E-state index < -0.39 is 0 Å². The van der Waals surface area contributed by atoms with E-state index in [4.69, 9.17) is 0 Å². The molecule has 1 saturated heterocycles. The molecule has 3 heterocycles. The van der Waals surface area contributed by atoms with Gasteiger partial charge in [-0.2, -0.15) is 0 Å². The van der Waals surface area contributed by atoms with Crippen LogP contribution < -0.4 is 5.32 Å². The van der Waals surface area contributed by atoms with E-state index in [1.807, 2.05) is 0 Å². The van der Waals surface area contributed by atoms with E-state index >= 15 is 0 Å². The molecule has 0 bridgehead atoms. The smallest absolute Gasteiger partial charge is 0.109 e. The van der Waals surface area contributed by atoms with Crippen molar-refractivity contribution < 1.29 is 0 Å². The molecule has 3 nitrogen and oxygen atoms in total. The molecule has 16 heavy (non-hydrogen) atoms. The van der Waals surface area contributed by atoms with E-state index in [0.29, 0.717) is 0 Å². The lowest BCUT2D eigenvalue weighted by Gasteiger charge is -2.23. The first-order chi connectivity index (χ1) is 7.83. The molecule has 3 rings (SSSR count). The minimum Gasteiger partial charge on any atom is -0.332 e. The molecule has 0 aliphatic carbocycles. The monoisotopic (exact) mass is 219 g/mol. The van der Waals surface area contributed by atoms with Crippen LogP contribution in [0.15, 0.2) is 6.20 Å². The fourth-order valence-electron chi connectivity index (χ4n) is 2.98. The number of hydrogen-bond donors (Lipinski definition) is 1. The van der Waals surface area contributed by atoms with Crippen LogP contribution in [0.5, 0.6) is 0 Å². The first-order valence-electron chi connectivity index (χ1n) is 6.57. The normalized spacial score (nSPS) is 29.3. The topological polar surface area (TPSA) is 29.9 Å². The SMILES string of the molecule is CC1CCc2cnc(CC3CCNC3)n2C1. The lowest BCUT2D eigenvalue weighted by Crippen LogP contribution is -2.21. The number of imidazole rings is 1. The van der Waals surface area contributed by atoms with Gasteiger partial charge in [0.2, 0.25) is 0 Å². The maximum atomic E-state index is 4.63. The Kier molecular flexibility index (Phi) is 2.72. The van der Waals surface area contributed by atoms with Crippen LogP contribution >= 0.6 is 0 Å². The fourth-order valence-corrected chi connectivity index (χ4v) is 2.98. The maximum absolute atomic E-state index is 4.63. The Morgan fingerprint density at radius 2 is 2.44 bits per heavy atom. The zero-order chi connectivity index (χ0) is 11.0. The molecule has 2 aliphatic heterocycles. The third-order valence-corrected chi connectivity index (χ3v) is 4.04. The molecule has 2 atom stereocenters. The summed E-state index contributed by atoms with van der Waals surface area (Å²) in [5.74, 6) is 2.96. The van der Waals surface area contributed by atoms with E-state index in [9.17, 15) is 0 Å².